The van der Waals surface area contributed by atoms with E-state index in [9.17, 15) is 4.79 Å². The van der Waals surface area contributed by atoms with Gasteiger partial charge in [-0.25, -0.2) is 0 Å². The summed E-state index contributed by atoms with van der Waals surface area (Å²) in [5, 5.41) is 6.17. The molecule has 0 spiro atoms. The van der Waals surface area contributed by atoms with E-state index in [1.54, 1.807) is 0 Å². The van der Waals surface area contributed by atoms with Crippen LogP contribution >= 0.6 is 31.9 Å². The van der Waals surface area contributed by atoms with Crippen LogP contribution in [-0.4, -0.2) is 12.5 Å². The first-order valence-corrected chi connectivity index (χ1v) is 8.29. The van der Waals surface area contributed by atoms with Gasteiger partial charge in [-0.3, -0.25) is 4.79 Å². The van der Waals surface area contributed by atoms with E-state index in [0.717, 1.165) is 33.3 Å². The molecule has 0 bridgehead atoms. The minimum Gasteiger partial charge on any atom is -0.385 e. The van der Waals surface area contributed by atoms with Crippen molar-refractivity contribution >= 4 is 49.1 Å². The molecule has 0 aliphatic heterocycles. The van der Waals surface area contributed by atoms with Crippen molar-refractivity contribution in [3.63, 3.8) is 0 Å². The van der Waals surface area contributed by atoms with Crippen LogP contribution in [-0.2, 0) is 0 Å². The summed E-state index contributed by atoms with van der Waals surface area (Å²) in [5.41, 5.74) is 2.40. The van der Waals surface area contributed by atoms with Crippen molar-refractivity contribution in [2.45, 2.75) is 13.3 Å². The van der Waals surface area contributed by atoms with E-state index in [2.05, 4.69) is 49.4 Å². The summed E-state index contributed by atoms with van der Waals surface area (Å²) in [7, 11) is 0. The van der Waals surface area contributed by atoms with Crippen LogP contribution in [0.1, 0.15) is 23.7 Å². The van der Waals surface area contributed by atoms with Crippen LogP contribution in [0, 0.1) is 0 Å². The summed E-state index contributed by atoms with van der Waals surface area (Å²) in [6.45, 7) is 3.04. The highest BCUT2D eigenvalue weighted by Gasteiger charge is 2.08. The summed E-state index contributed by atoms with van der Waals surface area (Å²) in [6, 6.07) is 13.1. The molecule has 0 saturated carbocycles. The molecule has 1 amide bonds. The van der Waals surface area contributed by atoms with Crippen LogP contribution in [0.3, 0.4) is 0 Å². The molecule has 2 N–H and O–H groups in total. The van der Waals surface area contributed by atoms with Crippen LogP contribution in [0.5, 0.6) is 0 Å². The minimum atomic E-state index is -0.125. The van der Waals surface area contributed by atoms with Crippen molar-refractivity contribution in [1.82, 2.24) is 0 Å². The van der Waals surface area contributed by atoms with E-state index < -0.39 is 0 Å². The second kappa shape index (κ2) is 7.61. The van der Waals surface area contributed by atoms with Gasteiger partial charge in [0, 0.05) is 26.7 Å². The number of anilines is 2. The van der Waals surface area contributed by atoms with Crippen molar-refractivity contribution in [3.05, 3.63) is 57.0 Å². The average Bonchev–Trinajstić information content (AvgIpc) is 2.48. The second-order valence-corrected chi connectivity index (χ2v) is 6.35. The van der Waals surface area contributed by atoms with Gasteiger partial charge >= 0.3 is 0 Å². The number of amides is 1. The van der Waals surface area contributed by atoms with Crippen molar-refractivity contribution in [1.29, 1.82) is 0 Å². The molecule has 2 aromatic rings. The molecule has 0 aliphatic carbocycles. The van der Waals surface area contributed by atoms with Crippen LogP contribution < -0.4 is 10.6 Å². The summed E-state index contributed by atoms with van der Waals surface area (Å²) in [6.07, 6.45) is 1.07. The molecule has 110 valence electrons. The maximum Gasteiger partial charge on any atom is 0.255 e. The molecule has 5 heteroatoms. The fraction of sp³-hybridized carbons (Fsp3) is 0.188. The fourth-order valence-corrected chi connectivity index (χ4v) is 2.94. The van der Waals surface area contributed by atoms with Crippen molar-refractivity contribution in [3.8, 4) is 0 Å². The summed E-state index contributed by atoms with van der Waals surface area (Å²) < 4.78 is 1.80. The summed E-state index contributed by atoms with van der Waals surface area (Å²) >= 11 is 6.82. The maximum absolute atomic E-state index is 12.2. The minimum absolute atomic E-state index is 0.125. The highest BCUT2D eigenvalue weighted by atomic mass is 79.9. The Bertz CT molecular complexity index is 627. The van der Waals surface area contributed by atoms with E-state index >= 15 is 0 Å². The van der Waals surface area contributed by atoms with Crippen LogP contribution in [0.4, 0.5) is 11.4 Å². The van der Waals surface area contributed by atoms with Gasteiger partial charge in [0.1, 0.15) is 0 Å². The molecular formula is C16H16Br2N2O. The monoisotopic (exact) mass is 410 g/mol. The van der Waals surface area contributed by atoms with Crippen LogP contribution in [0.15, 0.2) is 51.4 Å². The molecule has 2 rings (SSSR count). The van der Waals surface area contributed by atoms with Gasteiger partial charge in [-0.1, -0.05) is 22.9 Å². The highest BCUT2D eigenvalue weighted by molar-refractivity contribution is 9.11. The van der Waals surface area contributed by atoms with Gasteiger partial charge in [-0.2, -0.15) is 0 Å². The quantitative estimate of drug-likeness (QED) is 0.702. The zero-order valence-corrected chi connectivity index (χ0v) is 14.8. The van der Waals surface area contributed by atoms with Gasteiger partial charge in [0.15, 0.2) is 0 Å². The fourth-order valence-electron chi connectivity index (χ4n) is 1.79. The van der Waals surface area contributed by atoms with Gasteiger partial charge < -0.3 is 10.6 Å². The topological polar surface area (TPSA) is 41.1 Å². The average molecular weight is 412 g/mol. The third-order valence-electron chi connectivity index (χ3n) is 2.91. The number of carbonyl (C=O) groups is 1. The van der Waals surface area contributed by atoms with E-state index in [0.29, 0.717) is 5.56 Å². The van der Waals surface area contributed by atoms with Crippen molar-refractivity contribution < 1.29 is 4.79 Å². The van der Waals surface area contributed by atoms with E-state index in [1.807, 2.05) is 42.5 Å². The Labute approximate surface area is 141 Å². The van der Waals surface area contributed by atoms with Crippen molar-refractivity contribution in [2.75, 3.05) is 17.2 Å². The first-order chi connectivity index (χ1) is 10.1. The molecule has 0 unspecified atom stereocenters. The van der Waals surface area contributed by atoms with E-state index in [1.165, 1.54) is 0 Å². The molecule has 0 radical (unpaired) electrons. The van der Waals surface area contributed by atoms with Crippen LogP contribution in [0.25, 0.3) is 0 Å². The van der Waals surface area contributed by atoms with Gasteiger partial charge in [0.05, 0.1) is 5.69 Å². The lowest BCUT2D eigenvalue weighted by Gasteiger charge is -2.09. The lowest BCUT2D eigenvalue weighted by atomic mass is 10.2. The standard InChI is InChI=1S/C16H16Br2N2O/c1-2-9-19-13-6-3-11(4-7-13)16(21)20-15-8-5-12(17)10-14(15)18/h3-8,10,19H,2,9H2,1H3,(H,20,21). The third-order valence-corrected chi connectivity index (χ3v) is 4.05. The predicted octanol–water partition coefficient (Wildman–Crippen LogP) is 5.29. The lowest BCUT2D eigenvalue weighted by Crippen LogP contribution is -2.12. The molecule has 21 heavy (non-hydrogen) atoms. The Morgan fingerprint density at radius 2 is 1.81 bits per heavy atom. The van der Waals surface area contributed by atoms with Crippen LogP contribution in [0.2, 0.25) is 0 Å². The predicted molar refractivity (Wildman–Crippen MR) is 95.0 cm³/mol. The Morgan fingerprint density at radius 1 is 1.10 bits per heavy atom. The molecule has 2 aromatic carbocycles. The summed E-state index contributed by atoms with van der Waals surface area (Å²) in [5.74, 6) is -0.125. The SMILES string of the molecule is CCCNc1ccc(C(=O)Nc2ccc(Br)cc2Br)cc1. The van der Waals surface area contributed by atoms with Gasteiger partial charge in [-0.05, 0) is 64.8 Å². The van der Waals surface area contributed by atoms with E-state index in [4.69, 9.17) is 0 Å². The Hall–Kier alpha value is -1.33. The normalized spacial score (nSPS) is 10.2. The first-order valence-electron chi connectivity index (χ1n) is 6.70. The number of hydrogen-bond acceptors (Lipinski definition) is 2. The Kier molecular flexibility index (Phi) is 5.82. The number of hydrogen-bond donors (Lipinski definition) is 2. The Morgan fingerprint density at radius 3 is 2.43 bits per heavy atom. The number of benzene rings is 2. The number of rotatable bonds is 5. The van der Waals surface area contributed by atoms with Gasteiger partial charge in [0.25, 0.3) is 5.91 Å². The molecule has 0 fully saturated rings. The molecule has 0 aliphatic rings. The molecule has 3 nitrogen and oxygen atoms in total. The third kappa shape index (κ3) is 4.58. The summed E-state index contributed by atoms with van der Waals surface area (Å²) in [4.78, 5) is 12.2. The second-order valence-electron chi connectivity index (χ2n) is 4.58. The number of carbonyl (C=O) groups excluding carboxylic acids is 1. The zero-order chi connectivity index (χ0) is 15.2. The molecular weight excluding hydrogens is 396 g/mol. The number of halogens is 2. The van der Waals surface area contributed by atoms with Gasteiger partial charge in [-0.15, -0.1) is 0 Å². The molecule has 0 heterocycles. The maximum atomic E-state index is 12.2. The van der Waals surface area contributed by atoms with Gasteiger partial charge in [0.2, 0.25) is 0 Å². The Balaban J connectivity index is 2.06. The lowest BCUT2D eigenvalue weighted by molar-refractivity contribution is 0.102. The van der Waals surface area contributed by atoms with E-state index in [-0.39, 0.29) is 5.91 Å². The molecule has 0 saturated heterocycles. The zero-order valence-electron chi connectivity index (χ0n) is 11.6. The molecule has 0 atom stereocenters. The molecule has 0 aromatic heterocycles. The largest absolute Gasteiger partial charge is 0.385 e. The highest BCUT2D eigenvalue weighted by Crippen LogP contribution is 2.26. The smallest absolute Gasteiger partial charge is 0.255 e. The number of nitrogens with one attached hydrogen (secondary N) is 2. The first kappa shape index (κ1) is 16.0. The van der Waals surface area contributed by atoms with Crippen molar-refractivity contribution in [2.24, 2.45) is 0 Å².